The summed E-state index contributed by atoms with van der Waals surface area (Å²) >= 11 is 5.61. The molecule has 0 saturated heterocycles. The van der Waals surface area contributed by atoms with Crippen molar-refractivity contribution in [3.63, 3.8) is 0 Å². The van der Waals surface area contributed by atoms with Gasteiger partial charge >= 0.3 is 0 Å². The minimum absolute atomic E-state index is 0.339. The van der Waals surface area contributed by atoms with Crippen molar-refractivity contribution >= 4 is 17.3 Å². The summed E-state index contributed by atoms with van der Waals surface area (Å²) in [6.45, 7) is 3.75. The highest BCUT2D eigenvalue weighted by atomic mass is 35.5. The third-order valence-electron chi connectivity index (χ3n) is 1.70. The van der Waals surface area contributed by atoms with Crippen LogP contribution in [0, 0.1) is 5.82 Å². The maximum atomic E-state index is 13.2. The van der Waals surface area contributed by atoms with Gasteiger partial charge in [0.15, 0.2) is 0 Å². The van der Waals surface area contributed by atoms with E-state index in [1.807, 2.05) is 6.92 Å². The summed E-state index contributed by atoms with van der Waals surface area (Å²) in [6.07, 6.45) is 0. The van der Waals surface area contributed by atoms with E-state index < -0.39 is 0 Å². The van der Waals surface area contributed by atoms with Gasteiger partial charge in [0, 0.05) is 18.2 Å². The van der Waals surface area contributed by atoms with Crippen LogP contribution >= 0.6 is 11.6 Å². The van der Waals surface area contributed by atoms with E-state index in [0.29, 0.717) is 30.5 Å². The van der Waals surface area contributed by atoms with E-state index in [0.717, 1.165) is 0 Å². The summed E-state index contributed by atoms with van der Waals surface area (Å²) in [5, 5.41) is 3.32. The molecule has 2 nitrogen and oxygen atoms in total. The van der Waals surface area contributed by atoms with Gasteiger partial charge in [-0.1, -0.05) is 11.6 Å². The van der Waals surface area contributed by atoms with Crippen molar-refractivity contribution in [3.05, 3.63) is 29.0 Å². The molecule has 1 aromatic carbocycles. The normalized spacial score (nSPS) is 10.2. The highest BCUT2D eigenvalue weighted by Gasteiger charge is 2.00. The molecule has 0 aliphatic rings. The number of halogens is 2. The summed E-state index contributed by atoms with van der Waals surface area (Å²) in [4.78, 5) is 0. The monoisotopic (exact) mass is 217 g/mol. The Labute approximate surface area is 88.0 Å². The third kappa shape index (κ3) is 3.52. The maximum Gasteiger partial charge on any atom is 0.147 e. The second-order valence-electron chi connectivity index (χ2n) is 2.75. The molecule has 0 unspecified atom stereocenters. The molecule has 0 fully saturated rings. The Hall–Kier alpha value is -0.800. The molecule has 1 N–H and O–H groups in total. The van der Waals surface area contributed by atoms with Crippen molar-refractivity contribution in [2.45, 2.75) is 6.92 Å². The highest BCUT2D eigenvalue weighted by Crippen LogP contribution is 2.18. The molecule has 14 heavy (non-hydrogen) atoms. The fourth-order valence-electron chi connectivity index (χ4n) is 1.04. The van der Waals surface area contributed by atoms with Gasteiger partial charge in [-0.3, -0.25) is 0 Å². The van der Waals surface area contributed by atoms with Crippen LogP contribution in [0.3, 0.4) is 0 Å². The van der Waals surface area contributed by atoms with E-state index >= 15 is 0 Å². The second-order valence-corrected chi connectivity index (χ2v) is 3.18. The quantitative estimate of drug-likeness (QED) is 0.766. The smallest absolute Gasteiger partial charge is 0.147 e. The molecule has 1 aromatic rings. The molecule has 0 atom stereocenters. The van der Waals surface area contributed by atoms with E-state index in [1.165, 1.54) is 6.07 Å². The van der Waals surface area contributed by atoms with Crippen molar-refractivity contribution in [3.8, 4) is 0 Å². The van der Waals surface area contributed by atoms with Crippen LogP contribution in [-0.2, 0) is 4.74 Å². The molecule has 0 radical (unpaired) electrons. The first-order valence-electron chi connectivity index (χ1n) is 4.50. The van der Waals surface area contributed by atoms with E-state index in [4.69, 9.17) is 16.3 Å². The molecular formula is C10H13ClFNO. The van der Waals surface area contributed by atoms with E-state index in [2.05, 4.69) is 5.32 Å². The molecule has 0 aliphatic heterocycles. The largest absolute Gasteiger partial charge is 0.380 e. The lowest BCUT2D eigenvalue weighted by molar-refractivity contribution is 0.158. The molecule has 0 aromatic heterocycles. The van der Waals surface area contributed by atoms with Crippen molar-refractivity contribution < 1.29 is 9.13 Å². The third-order valence-corrected chi connectivity index (χ3v) is 1.93. The molecular weight excluding hydrogens is 205 g/mol. The Morgan fingerprint density at radius 1 is 1.50 bits per heavy atom. The average Bonchev–Trinajstić information content (AvgIpc) is 2.15. The Morgan fingerprint density at radius 2 is 2.29 bits per heavy atom. The van der Waals surface area contributed by atoms with Crippen molar-refractivity contribution in [2.24, 2.45) is 0 Å². The van der Waals surface area contributed by atoms with Crippen molar-refractivity contribution in [2.75, 3.05) is 25.1 Å². The topological polar surface area (TPSA) is 21.3 Å². The van der Waals surface area contributed by atoms with Crippen LogP contribution in [0.2, 0.25) is 5.02 Å². The molecule has 0 spiro atoms. The number of anilines is 1. The van der Waals surface area contributed by atoms with Crippen LogP contribution < -0.4 is 5.32 Å². The molecule has 0 bridgehead atoms. The molecule has 0 saturated carbocycles. The van der Waals surface area contributed by atoms with E-state index in [9.17, 15) is 4.39 Å². The van der Waals surface area contributed by atoms with Crippen molar-refractivity contribution in [1.29, 1.82) is 0 Å². The van der Waals surface area contributed by atoms with Crippen LogP contribution in [0.5, 0.6) is 0 Å². The number of ether oxygens (including phenoxy) is 1. The Bertz CT molecular complexity index is 293. The fourth-order valence-corrected chi connectivity index (χ4v) is 1.19. The van der Waals surface area contributed by atoms with E-state index in [1.54, 1.807) is 12.1 Å². The maximum absolute atomic E-state index is 13.2. The minimum Gasteiger partial charge on any atom is -0.380 e. The first kappa shape index (κ1) is 11.3. The van der Waals surface area contributed by atoms with Gasteiger partial charge in [0.05, 0.1) is 12.3 Å². The zero-order chi connectivity index (χ0) is 10.4. The molecule has 0 amide bonds. The predicted molar refractivity (Wildman–Crippen MR) is 56.4 cm³/mol. The van der Waals surface area contributed by atoms with Gasteiger partial charge in [-0.05, 0) is 25.1 Å². The average molecular weight is 218 g/mol. The lowest BCUT2D eigenvalue weighted by Gasteiger charge is -2.07. The second kappa shape index (κ2) is 5.83. The Morgan fingerprint density at radius 3 is 2.93 bits per heavy atom. The number of hydrogen-bond donors (Lipinski definition) is 1. The number of rotatable bonds is 5. The predicted octanol–water partition coefficient (Wildman–Crippen LogP) is 2.93. The van der Waals surface area contributed by atoms with Gasteiger partial charge in [0.25, 0.3) is 0 Å². The number of nitrogens with one attached hydrogen (secondary N) is 1. The fraction of sp³-hybridized carbons (Fsp3) is 0.400. The van der Waals surface area contributed by atoms with Gasteiger partial charge in [-0.2, -0.15) is 0 Å². The lowest BCUT2D eigenvalue weighted by atomic mass is 10.3. The number of hydrogen-bond acceptors (Lipinski definition) is 2. The zero-order valence-electron chi connectivity index (χ0n) is 8.02. The van der Waals surface area contributed by atoms with Gasteiger partial charge in [0.1, 0.15) is 5.82 Å². The Balaban J connectivity index is 2.42. The van der Waals surface area contributed by atoms with Gasteiger partial charge < -0.3 is 10.1 Å². The summed E-state index contributed by atoms with van der Waals surface area (Å²) in [5.41, 5.74) is 0.453. The SMILES string of the molecule is CCOCCNc1ccc(Cl)cc1F. The zero-order valence-corrected chi connectivity index (χ0v) is 8.77. The molecule has 0 heterocycles. The van der Waals surface area contributed by atoms with E-state index in [-0.39, 0.29) is 5.82 Å². The van der Waals surface area contributed by atoms with Crippen LogP contribution in [0.1, 0.15) is 6.92 Å². The lowest BCUT2D eigenvalue weighted by Crippen LogP contribution is -2.10. The summed E-state index contributed by atoms with van der Waals surface area (Å²) < 4.78 is 18.3. The van der Waals surface area contributed by atoms with Crippen LogP contribution in [0.25, 0.3) is 0 Å². The van der Waals surface area contributed by atoms with Gasteiger partial charge in [-0.25, -0.2) is 4.39 Å². The molecule has 4 heteroatoms. The van der Waals surface area contributed by atoms with Crippen LogP contribution in [0.4, 0.5) is 10.1 Å². The minimum atomic E-state index is -0.339. The number of benzene rings is 1. The van der Waals surface area contributed by atoms with Crippen LogP contribution in [-0.4, -0.2) is 19.8 Å². The summed E-state index contributed by atoms with van der Waals surface area (Å²) in [6, 6.07) is 4.54. The van der Waals surface area contributed by atoms with Crippen molar-refractivity contribution in [1.82, 2.24) is 0 Å². The Kier molecular flexibility index (Phi) is 4.70. The molecule has 0 aliphatic carbocycles. The van der Waals surface area contributed by atoms with Gasteiger partial charge in [0.2, 0.25) is 0 Å². The molecule has 1 rings (SSSR count). The van der Waals surface area contributed by atoms with Crippen LogP contribution in [0.15, 0.2) is 18.2 Å². The van der Waals surface area contributed by atoms with Gasteiger partial charge in [-0.15, -0.1) is 0 Å². The molecule has 78 valence electrons. The first-order valence-corrected chi connectivity index (χ1v) is 4.88. The highest BCUT2D eigenvalue weighted by molar-refractivity contribution is 6.30. The standard InChI is InChI=1S/C10H13ClFNO/c1-2-14-6-5-13-10-4-3-8(11)7-9(10)12/h3-4,7,13H,2,5-6H2,1H3. The summed E-state index contributed by atoms with van der Waals surface area (Å²) in [5.74, 6) is -0.339. The first-order chi connectivity index (χ1) is 6.74. The summed E-state index contributed by atoms with van der Waals surface area (Å²) in [7, 11) is 0.